The van der Waals surface area contributed by atoms with Crippen LogP contribution in [0.1, 0.15) is 24.8 Å². The van der Waals surface area contributed by atoms with Crippen molar-refractivity contribution in [1.29, 1.82) is 0 Å². The molecule has 3 rings (SSSR count). The number of benzene rings is 1. The summed E-state index contributed by atoms with van der Waals surface area (Å²) >= 11 is 0. The Morgan fingerprint density at radius 2 is 1.95 bits per heavy atom. The van der Waals surface area contributed by atoms with E-state index < -0.39 is 0 Å². The summed E-state index contributed by atoms with van der Waals surface area (Å²) in [7, 11) is 0. The Labute approximate surface area is 119 Å². The van der Waals surface area contributed by atoms with Crippen LogP contribution in [-0.2, 0) is 6.42 Å². The van der Waals surface area contributed by atoms with Gasteiger partial charge in [-0.25, -0.2) is 0 Å². The van der Waals surface area contributed by atoms with E-state index in [2.05, 4.69) is 16.0 Å². The first-order chi connectivity index (χ1) is 9.83. The Balaban J connectivity index is 1.54. The normalized spacial score (nSPS) is 18.4. The minimum Gasteiger partial charge on any atom is -0.454 e. The number of ether oxygens (including phenoxy) is 2. The smallest absolute Gasteiger partial charge is 0.231 e. The van der Waals surface area contributed by atoms with Gasteiger partial charge in [-0.15, -0.1) is 0 Å². The van der Waals surface area contributed by atoms with Crippen LogP contribution in [0, 0.1) is 0 Å². The Kier molecular flexibility index (Phi) is 3.95. The molecule has 2 N–H and O–H groups in total. The van der Waals surface area contributed by atoms with E-state index in [9.17, 15) is 0 Å². The van der Waals surface area contributed by atoms with Gasteiger partial charge in [0.25, 0.3) is 0 Å². The van der Waals surface area contributed by atoms with Gasteiger partial charge in [-0.1, -0.05) is 6.07 Å². The number of aliphatic imine (C=N–C) groups is 1. The van der Waals surface area contributed by atoms with Gasteiger partial charge in [0, 0.05) is 19.6 Å². The summed E-state index contributed by atoms with van der Waals surface area (Å²) < 4.78 is 10.7. The number of likely N-dealkylation sites (tertiary alicyclic amines) is 1. The zero-order chi connectivity index (χ0) is 13.8. The van der Waals surface area contributed by atoms with Crippen LogP contribution < -0.4 is 15.2 Å². The Morgan fingerprint density at radius 1 is 1.15 bits per heavy atom. The van der Waals surface area contributed by atoms with E-state index in [-0.39, 0.29) is 0 Å². The van der Waals surface area contributed by atoms with Crippen molar-refractivity contribution in [3.63, 3.8) is 0 Å². The van der Waals surface area contributed by atoms with E-state index in [0.717, 1.165) is 31.0 Å². The van der Waals surface area contributed by atoms with Crippen LogP contribution in [-0.4, -0.2) is 37.3 Å². The van der Waals surface area contributed by atoms with Gasteiger partial charge in [0.05, 0.1) is 0 Å². The lowest BCUT2D eigenvalue weighted by Crippen LogP contribution is -2.41. The number of guanidine groups is 1. The predicted octanol–water partition coefficient (Wildman–Crippen LogP) is 1.76. The number of nitrogens with zero attached hydrogens (tertiary/aromatic N) is 2. The van der Waals surface area contributed by atoms with Crippen LogP contribution in [0.4, 0.5) is 0 Å². The fourth-order valence-corrected chi connectivity index (χ4v) is 2.62. The molecule has 0 unspecified atom stereocenters. The van der Waals surface area contributed by atoms with Crippen molar-refractivity contribution in [2.45, 2.75) is 25.7 Å². The van der Waals surface area contributed by atoms with Crippen LogP contribution in [0.25, 0.3) is 0 Å². The maximum absolute atomic E-state index is 6.03. The average Bonchev–Trinajstić information content (AvgIpc) is 2.95. The van der Waals surface area contributed by atoms with Crippen LogP contribution in [0.2, 0.25) is 0 Å². The molecule has 1 fully saturated rings. The number of fused-ring (bicyclic) bond motifs is 1. The van der Waals surface area contributed by atoms with Gasteiger partial charge in [-0.05, 0) is 43.4 Å². The topological polar surface area (TPSA) is 60.1 Å². The van der Waals surface area contributed by atoms with Crippen LogP contribution >= 0.6 is 0 Å². The molecule has 0 aromatic heterocycles. The molecule has 0 atom stereocenters. The van der Waals surface area contributed by atoms with Crippen molar-refractivity contribution in [2.24, 2.45) is 10.7 Å². The van der Waals surface area contributed by atoms with E-state index >= 15 is 0 Å². The van der Waals surface area contributed by atoms with Gasteiger partial charge in [-0.2, -0.15) is 0 Å². The summed E-state index contributed by atoms with van der Waals surface area (Å²) in [6, 6.07) is 6.03. The molecule has 20 heavy (non-hydrogen) atoms. The molecule has 2 aliphatic heterocycles. The van der Waals surface area contributed by atoms with Crippen molar-refractivity contribution in [1.82, 2.24) is 4.90 Å². The third-order valence-corrected chi connectivity index (χ3v) is 3.79. The SMILES string of the molecule is NC(=NCCc1ccc2c(c1)OCO2)N1CCCCC1. The van der Waals surface area contributed by atoms with E-state index in [4.69, 9.17) is 15.2 Å². The molecule has 5 heteroatoms. The van der Waals surface area contributed by atoms with Crippen molar-refractivity contribution in [3.05, 3.63) is 23.8 Å². The fourth-order valence-electron chi connectivity index (χ4n) is 2.62. The molecule has 5 nitrogen and oxygen atoms in total. The second-order valence-corrected chi connectivity index (χ2v) is 5.23. The highest BCUT2D eigenvalue weighted by atomic mass is 16.7. The highest BCUT2D eigenvalue weighted by Crippen LogP contribution is 2.32. The minimum atomic E-state index is 0.318. The summed E-state index contributed by atoms with van der Waals surface area (Å²) in [5.74, 6) is 2.34. The van der Waals surface area contributed by atoms with Gasteiger partial charge < -0.3 is 20.1 Å². The Bertz CT molecular complexity index is 496. The third-order valence-electron chi connectivity index (χ3n) is 3.79. The van der Waals surface area contributed by atoms with Gasteiger partial charge >= 0.3 is 0 Å². The molecule has 0 aliphatic carbocycles. The lowest BCUT2D eigenvalue weighted by atomic mass is 10.1. The predicted molar refractivity (Wildman–Crippen MR) is 78.2 cm³/mol. The number of rotatable bonds is 3. The first-order valence-corrected chi connectivity index (χ1v) is 7.26. The average molecular weight is 275 g/mol. The molecule has 0 spiro atoms. The minimum absolute atomic E-state index is 0.318. The quantitative estimate of drug-likeness (QED) is 0.674. The monoisotopic (exact) mass is 275 g/mol. The summed E-state index contributed by atoms with van der Waals surface area (Å²) in [5, 5.41) is 0. The lowest BCUT2D eigenvalue weighted by molar-refractivity contribution is 0.174. The molecule has 0 bridgehead atoms. The maximum Gasteiger partial charge on any atom is 0.231 e. The lowest BCUT2D eigenvalue weighted by Gasteiger charge is -2.27. The molecule has 0 radical (unpaired) electrons. The van der Waals surface area contributed by atoms with Gasteiger partial charge in [0.1, 0.15) is 0 Å². The zero-order valence-corrected chi connectivity index (χ0v) is 11.7. The third kappa shape index (κ3) is 2.98. The molecule has 108 valence electrons. The van der Waals surface area contributed by atoms with Crippen LogP contribution in [0.15, 0.2) is 23.2 Å². The molecular weight excluding hydrogens is 254 g/mol. The Hall–Kier alpha value is -1.91. The van der Waals surface area contributed by atoms with Gasteiger partial charge in [0.2, 0.25) is 6.79 Å². The van der Waals surface area contributed by atoms with Crippen molar-refractivity contribution >= 4 is 5.96 Å². The second-order valence-electron chi connectivity index (χ2n) is 5.23. The van der Waals surface area contributed by atoms with E-state index in [1.807, 2.05) is 12.1 Å². The maximum atomic E-state index is 6.03. The second kappa shape index (κ2) is 6.03. The van der Waals surface area contributed by atoms with Crippen molar-refractivity contribution in [3.8, 4) is 11.5 Å². The van der Waals surface area contributed by atoms with Gasteiger partial charge in [0.15, 0.2) is 17.5 Å². The number of hydrogen-bond donors (Lipinski definition) is 1. The van der Waals surface area contributed by atoms with Gasteiger partial charge in [-0.3, -0.25) is 4.99 Å². The summed E-state index contributed by atoms with van der Waals surface area (Å²) in [5.41, 5.74) is 7.23. The summed E-state index contributed by atoms with van der Waals surface area (Å²) in [6.07, 6.45) is 4.61. The molecular formula is C15H21N3O2. The standard InChI is InChI=1S/C15H21N3O2/c16-15(18-8-2-1-3-9-18)17-7-6-12-4-5-13-14(10-12)20-11-19-13/h4-5,10H,1-3,6-9,11H2,(H2,16,17). The largest absolute Gasteiger partial charge is 0.454 e. The molecule has 1 aromatic carbocycles. The molecule has 0 saturated carbocycles. The number of hydrogen-bond acceptors (Lipinski definition) is 3. The highest BCUT2D eigenvalue weighted by molar-refractivity contribution is 5.78. The zero-order valence-electron chi connectivity index (χ0n) is 11.7. The summed E-state index contributed by atoms with van der Waals surface area (Å²) in [4.78, 5) is 6.67. The molecule has 1 saturated heterocycles. The molecule has 2 heterocycles. The van der Waals surface area contributed by atoms with E-state index in [0.29, 0.717) is 19.3 Å². The van der Waals surface area contributed by atoms with E-state index in [1.54, 1.807) is 0 Å². The summed E-state index contributed by atoms with van der Waals surface area (Å²) in [6.45, 7) is 3.11. The van der Waals surface area contributed by atoms with Crippen molar-refractivity contribution in [2.75, 3.05) is 26.4 Å². The fraction of sp³-hybridized carbons (Fsp3) is 0.533. The van der Waals surface area contributed by atoms with Crippen LogP contribution in [0.3, 0.4) is 0 Å². The molecule has 1 aromatic rings. The van der Waals surface area contributed by atoms with E-state index in [1.165, 1.54) is 24.8 Å². The Morgan fingerprint density at radius 3 is 2.80 bits per heavy atom. The first-order valence-electron chi connectivity index (χ1n) is 7.26. The van der Waals surface area contributed by atoms with Crippen LogP contribution in [0.5, 0.6) is 11.5 Å². The first kappa shape index (κ1) is 13.1. The number of nitrogens with two attached hydrogens (primary N) is 1. The number of piperidine rings is 1. The molecule has 0 amide bonds. The highest BCUT2D eigenvalue weighted by Gasteiger charge is 2.13. The van der Waals surface area contributed by atoms with Crippen molar-refractivity contribution < 1.29 is 9.47 Å². The molecule has 2 aliphatic rings.